The maximum absolute atomic E-state index is 14.3. The van der Waals surface area contributed by atoms with Crippen molar-refractivity contribution in [3.8, 4) is 0 Å². The van der Waals surface area contributed by atoms with Gasteiger partial charge in [-0.05, 0) is 40.5 Å². The number of hydrogen-bond donors (Lipinski definition) is 4. The van der Waals surface area contributed by atoms with Crippen molar-refractivity contribution in [2.75, 3.05) is 18.5 Å². The van der Waals surface area contributed by atoms with Crippen LogP contribution in [0.3, 0.4) is 0 Å². The highest BCUT2D eigenvalue weighted by atomic mass is 79.9. The van der Waals surface area contributed by atoms with E-state index in [4.69, 9.17) is 15.1 Å². The average molecular weight is 432 g/mol. The maximum atomic E-state index is 14.3. The number of aliphatic hydroxyl groups excluding tert-OH is 2. The van der Waals surface area contributed by atoms with E-state index in [9.17, 15) is 13.6 Å². The highest BCUT2D eigenvalue weighted by molar-refractivity contribution is 9.10. The summed E-state index contributed by atoms with van der Waals surface area (Å²) in [5, 5.41) is 20.5. The number of amides is 1. The van der Waals surface area contributed by atoms with Crippen LogP contribution in [0.4, 0.5) is 20.2 Å². The second kappa shape index (κ2) is 8.99. The quantitative estimate of drug-likeness (QED) is 0.501. The lowest BCUT2D eigenvalue weighted by molar-refractivity contribution is -0.0295. The third-order valence-corrected chi connectivity index (χ3v) is 4.20. The van der Waals surface area contributed by atoms with E-state index >= 15 is 0 Å². The van der Waals surface area contributed by atoms with Crippen LogP contribution in [-0.4, -0.2) is 40.4 Å². The number of hydroxylamine groups is 1. The molecule has 1 aromatic heterocycles. The van der Waals surface area contributed by atoms with Crippen LogP contribution in [0.25, 0.3) is 0 Å². The molecular weight excluding hydrogens is 416 g/mol. The normalized spacial score (nSPS) is 11.9. The van der Waals surface area contributed by atoms with E-state index in [-0.39, 0.29) is 12.2 Å². The molecule has 0 radical (unpaired) electrons. The summed E-state index contributed by atoms with van der Waals surface area (Å²) in [5.41, 5.74) is 2.43. The average Bonchev–Trinajstić information content (AvgIpc) is 2.62. The van der Waals surface area contributed by atoms with Crippen LogP contribution in [0.1, 0.15) is 15.9 Å². The number of halogens is 3. The molecule has 1 unspecified atom stereocenters. The Labute approximate surface area is 156 Å². The van der Waals surface area contributed by atoms with E-state index in [0.717, 1.165) is 12.1 Å². The number of aromatic nitrogens is 1. The van der Waals surface area contributed by atoms with Crippen molar-refractivity contribution in [2.45, 2.75) is 13.0 Å². The number of carbonyl (C=O) groups is 1. The topological polar surface area (TPSA) is 104 Å². The maximum Gasteiger partial charge on any atom is 0.277 e. The molecule has 1 atom stereocenters. The lowest BCUT2D eigenvalue weighted by atomic mass is 10.1. The van der Waals surface area contributed by atoms with Gasteiger partial charge >= 0.3 is 0 Å². The summed E-state index contributed by atoms with van der Waals surface area (Å²) < 4.78 is 28.6. The number of nitrogens with zero attached hydrogens (tertiary/aromatic N) is 1. The van der Waals surface area contributed by atoms with Gasteiger partial charge in [-0.2, -0.15) is 0 Å². The van der Waals surface area contributed by atoms with Crippen LogP contribution in [0.2, 0.25) is 0 Å². The molecule has 0 saturated carbocycles. The summed E-state index contributed by atoms with van der Waals surface area (Å²) in [6, 6.07) is 1.90. The Balaban J connectivity index is 2.29. The van der Waals surface area contributed by atoms with Crippen molar-refractivity contribution < 1.29 is 28.6 Å². The van der Waals surface area contributed by atoms with Gasteiger partial charge in [0.25, 0.3) is 5.91 Å². The molecule has 0 aliphatic heterocycles. The second-order valence-electron chi connectivity index (χ2n) is 5.28. The Kier molecular flexibility index (Phi) is 6.98. The minimum absolute atomic E-state index is 0.221. The third-order valence-electron chi connectivity index (χ3n) is 3.40. The van der Waals surface area contributed by atoms with Gasteiger partial charge in [-0.15, -0.1) is 0 Å². The van der Waals surface area contributed by atoms with E-state index in [2.05, 4.69) is 26.2 Å². The predicted octanol–water partition coefficient (Wildman–Crippen LogP) is 2.19. The Morgan fingerprint density at radius 1 is 1.38 bits per heavy atom. The molecule has 0 aliphatic rings. The minimum atomic E-state index is -1.24. The van der Waals surface area contributed by atoms with Gasteiger partial charge in [0, 0.05) is 10.7 Å². The van der Waals surface area contributed by atoms with Crippen LogP contribution in [-0.2, 0) is 4.84 Å². The highest BCUT2D eigenvalue weighted by Gasteiger charge is 2.20. The summed E-state index contributed by atoms with van der Waals surface area (Å²) in [7, 11) is 0. The number of hydrogen-bond acceptors (Lipinski definition) is 6. The molecule has 0 saturated heterocycles. The van der Waals surface area contributed by atoms with Gasteiger partial charge in [-0.3, -0.25) is 14.6 Å². The molecule has 1 amide bonds. The largest absolute Gasteiger partial charge is 0.394 e. The Bertz CT molecular complexity index is 807. The summed E-state index contributed by atoms with van der Waals surface area (Å²) >= 11 is 3.28. The number of carbonyl (C=O) groups excluding carboxylic acids is 1. The molecular formula is C16H16BrF2N3O4. The van der Waals surface area contributed by atoms with E-state index in [1.807, 2.05) is 5.48 Å². The van der Waals surface area contributed by atoms with Gasteiger partial charge in [0.15, 0.2) is 11.6 Å². The van der Waals surface area contributed by atoms with Crippen LogP contribution in [0, 0.1) is 18.6 Å². The van der Waals surface area contributed by atoms with Crippen LogP contribution >= 0.6 is 15.9 Å². The van der Waals surface area contributed by atoms with E-state index in [0.29, 0.717) is 15.7 Å². The monoisotopic (exact) mass is 431 g/mol. The van der Waals surface area contributed by atoms with Crippen LogP contribution < -0.4 is 10.8 Å². The number of nitrogens with one attached hydrogen (secondary N) is 2. The van der Waals surface area contributed by atoms with E-state index < -0.39 is 35.9 Å². The van der Waals surface area contributed by atoms with Crippen LogP contribution in [0.15, 0.2) is 29.0 Å². The van der Waals surface area contributed by atoms with Crippen molar-refractivity contribution in [1.29, 1.82) is 0 Å². The van der Waals surface area contributed by atoms with Crippen molar-refractivity contribution >= 4 is 33.2 Å². The molecule has 0 aliphatic carbocycles. The molecule has 0 fully saturated rings. The van der Waals surface area contributed by atoms with Crippen molar-refractivity contribution in [3.05, 3.63) is 51.8 Å². The zero-order valence-corrected chi connectivity index (χ0v) is 15.2. The first-order valence-corrected chi connectivity index (χ1v) is 8.20. The smallest absolute Gasteiger partial charge is 0.277 e. The van der Waals surface area contributed by atoms with Gasteiger partial charge in [-0.1, -0.05) is 0 Å². The molecule has 1 aromatic carbocycles. The highest BCUT2D eigenvalue weighted by Crippen LogP contribution is 2.30. The number of anilines is 2. The zero-order valence-electron chi connectivity index (χ0n) is 13.6. The Morgan fingerprint density at radius 3 is 2.81 bits per heavy atom. The molecule has 140 valence electrons. The number of rotatable bonds is 7. The van der Waals surface area contributed by atoms with Crippen molar-refractivity contribution in [3.63, 3.8) is 0 Å². The molecule has 26 heavy (non-hydrogen) atoms. The second-order valence-corrected chi connectivity index (χ2v) is 6.14. The van der Waals surface area contributed by atoms with Crippen molar-refractivity contribution in [2.24, 2.45) is 0 Å². The summed E-state index contributed by atoms with van der Waals surface area (Å²) in [4.78, 5) is 20.9. The molecule has 10 heteroatoms. The van der Waals surface area contributed by atoms with Crippen molar-refractivity contribution in [1.82, 2.24) is 10.5 Å². The van der Waals surface area contributed by atoms with Gasteiger partial charge < -0.3 is 15.5 Å². The fourth-order valence-corrected chi connectivity index (χ4v) is 2.27. The first-order chi connectivity index (χ1) is 12.3. The van der Waals surface area contributed by atoms with E-state index in [1.165, 1.54) is 12.4 Å². The number of pyridine rings is 1. The molecule has 0 spiro atoms. The fraction of sp³-hybridized carbons (Fsp3) is 0.250. The molecule has 7 nitrogen and oxygen atoms in total. The molecule has 2 rings (SSSR count). The fourth-order valence-electron chi connectivity index (χ4n) is 1.93. The zero-order chi connectivity index (χ0) is 19.3. The number of aliphatic hydroxyl groups is 2. The predicted molar refractivity (Wildman–Crippen MR) is 92.8 cm³/mol. The van der Waals surface area contributed by atoms with E-state index in [1.54, 1.807) is 6.92 Å². The molecule has 2 aromatic rings. The first kappa shape index (κ1) is 20.2. The van der Waals surface area contributed by atoms with Gasteiger partial charge in [0.1, 0.15) is 12.7 Å². The Morgan fingerprint density at radius 2 is 2.12 bits per heavy atom. The third kappa shape index (κ3) is 4.73. The van der Waals surface area contributed by atoms with Crippen LogP contribution in [0.5, 0.6) is 0 Å². The molecule has 4 N–H and O–H groups in total. The molecule has 1 heterocycles. The lowest BCUT2D eigenvalue weighted by Gasteiger charge is -2.15. The molecule has 0 bridgehead atoms. The van der Waals surface area contributed by atoms with Gasteiger partial charge in [-0.25, -0.2) is 14.3 Å². The Hall–Kier alpha value is -2.14. The summed E-state index contributed by atoms with van der Waals surface area (Å²) in [5.74, 6) is -3.24. The number of benzene rings is 1. The minimum Gasteiger partial charge on any atom is -0.394 e. The summed E-state index contributed by atoms with van der Waals surface area (Å²) in [6.45, 7) is 0.802. The van der Waals surface area contributed by atoms with Gasteiger partial charge in [0.2, 0.25) is 0 Å². The lowest BCUT2D eigenvalue weighted by Crippen LogP contribution is -2.30. The first-order valence-electron chi connectivity index (χ1n) is 7.41. The SMILES string of the molecule is Cc1c(Br)cncc1Nc1c(C(=O)NOCC(O)CO)ccc(F)c1F. The van der Waals surface area contributed by atoms with Gasteiger partial charge in [0.05, 0.1) is 29.7 Å². The standard InChI is InChI=1S/C16H16BrF2N3O4/c1-8-11(17)4-20-5-13(8)21-15-10(2-3-12(18)14(15)19)16(25)22-26-7-9(24)6-23/h2-5,9,21,23-24H,6-7H2,1H3,(H,22,25). The summed E-state index contributed by atoms with van der Waals surface area (Å²) in [6.07, 6.45) is 1.75.